The van der Waals surface area contributed by atoms with Gasteiger partial charge in [-0.25, -0.2) is 4.68 Å². The third kappa shape index (κ3) is 4.02. The number of nitrogens with one attached hydrogen (secondary N) is 1. The first-order valence-electron chi connectivity index (χ1n) is 8.39. The van der Waals surface area contributed by atoms with Gasteiger partial charge in [0.05, 0.1) is 27.0 Å². The molecule has 132 valence electrons. The second kappa shape index (κ2) is 7.88. The second-order valence-electron chi connectivity index (χ2n) is 6.04. The molecule has 0 spiro atoms. The van der Waals surface area contributed by atoms with Crippen LogP contribution in [0, 0.1) is 5.92 Å². The van der Waals surface area contributed by atoms with E-state index in [4.69, 9.17) is 9.47 Å². The number of carbonyl (C=O) groups excluding carboxylic acids is 1. The smallest absolute Gasteiger partial charge is 0.226 e. The van der Waals surface area contributed by atoms with E-state index < -0.39 is 0 Å². The van der Waals surface area contributed by atoms with Crippen LogP contribution in [0.3, 0.4) is 0 Å². The topological polar surface area (TPSA) is 65.4 Å². The maximum Gasteiger partial charge on any atom is 0.226 e. The molecule has 1 N–H and O–H groups in total. The van der Waals surface area contributed by atoms with Crippen molar-refractivity contribution in [3.63, 3.8) is 0 Å². The Morgan fingerprint density at radius 1 is 1.32 bits per heavy atom. The van der Waals surface area contributed by atoms with E-state index in [0.29, 0.717) is 36.2 Å². The summed E-state index contributed by atoms with van der Waals surface area (Å²) < 4.78 is 12.5. The quantitative estimate of drug-likeness (QED) is 0.785. The number of benzene rings is 1. The highest BCUT2D eigenvalue weighted by molar-refractivity contribution is 5.90. The van der Waals surface area contributed by atoms with Gasteiger partial charge >= 0.3 is 0 Å². The summed E-state index contributed by atoms with van der Waals surface area (Å²) in [6.07, 6.45) is 8.55. The molecule has 0 fully saturated rings. The van der Waals surface area contributed by atoms with Gasteiger partial charge < -0.3 is 14.8 Å². The molecule has 6 nitrogen and oxygen atoms in total. The van der Waals surface area contributed by atoms with Crippen LogP contribution in [-0.2, 0) is 11.3 Å². The average molecular weight is 341 g/mol. The molecule has 1 aliphatic rings. The van der Waals surface area contributed by atoms with Crippen molar-refractivity contribution in [2.75, 3.05) is 19.5 Å². The molecule has 1 aliphatic carbocycles. The fourth-order valence-corrected chi connectivity index (χ4v) is 3.10. The molecule has 0 saturated carbocycles. The van der Waals surface area contributed by atoms with E-state index in [1.807, 2.05) is 18.2 Å². The van der Waals surface area contributed by atoms with Gasteiger partial charge in [-0.1, -0.05) is 24.3 Å². The highest BCUT2D eigenvalue weighted by Gasteiger charge is 2.16. The standard InChI is InChI=1S/C19H23N3O3/c1-24-16-9-5-8-15(19(16)25-2)13-22-17(10-11-20-22)21-18(23)12-14-6-3-4-7-14/h3,5-6,8-11,14H,4,7,12-13H2,1-2H3,(H,21,23)/t14-/m0/s1. The molecule has 0 saturated heterocycles. The van der Waals surface area contributed by atoms with E-state index in [-0.39, 0.29) is 5.91 Å². The lowest BCUT2D eigenvalue weighted by molar-refractivity contribution is -0.116. The first-order chi connectivity index (χ1) is 12.2. The summed E-state index contributed by atoms with van der Waals surface area (Å²) in [5.74, 6) is 2.38. The molecular weight excluding hydrogens is 318 g/mol. The molecule has 2 aromatic rings. The number of methoxy groups -OCH3 is 2. The van der Waals surface area contributed by atoms with Crippen molar-refractivity contribution < 1.29 is 14.3 Å². The summed E-state index contributed by atoms with van der Waals surface area (Å²) >= 11 is 0. The number of anilines is 1. The molecule has 25 heavy (non-hydrogen) atoms. The lowest BCUT2D eigenvalue weighted by Crippen LogP contribution is -2.18. The van der Waals surface area contributed by atoms with E-state index in [0.717, 1.165) is 18.4 Å². The monoisotopic (exact) mass is 341 g/mol. The van der Waals surface area contributed by atoms with Crippen LogP contribution in [0.25, 0.3) is 0 Å². The summed E-state index contributed by atoms with van der Waals surface area (Å²) in [6, 6.07) is 7.51. The Morgan fingerprint density at radius 2 is 2.20 bits per heavy atom. The second-order valence-corrected chi connectivity index (χ2v) is 6.04. The number of ether oxygens (including phenoxy) is 2. The number of nitrogens with zero attached hydrogens (tertiary/aromatic N) is 2. The number of amides is 1. The molecule has 1 aromatic carbocycles. The number of hydrogen-bond acceptors (Lipinski definition) is 4. The SMILES string of the molecule is COc1cccc(Cn2nccc2NC(=O)C[C@H]2C=CCC2)c1OC. The zero-order valence-corrected chi connectivity index (χ0v) is 14.6. The van der Waals surface area contributed by atoms with Crippen LogP contribution in [0.4, 0.5) is 5.82 Å². The molecule has 1 aromatic heterocycles. The minimum Gasteiger partial charge on any atom is -0.493 e. The van der Waals surface area contributed by atoms with Crippen molar-refractivity contribution in [1.29, 1.82) is 0 Å². The number of carbonyl (C=O) groups is 1. The Morgan fingerprint density at radius 3 is 2.92 bits per heavy atom. The molecule has 0 bridgehead atoms. The predicted octanol–water partition coefficient (Wildman–Crippen LogP) is 3.24. The Hall–Kier alpha value is -2.76. The van der Waals surface area contributed by atoms with Crippen LogP contribution in [0.1, 0.15) is 24.8 Å². The van der Waals surface area contributed by atoms with Crippen LogP contribution >= 0.6 is 0 Å². The summed E-state index contributed by atoms with van der Waals surface area (Å²) in [4.78, 5) is 12.3. The predicted molar refractivity (Wildman–Crippen MR) is 96.0 cm³/mol. The Balaban J connectivity index is 1.71. The number of rotatable bonds is 7. The summed E-state index contributed by atoms with van der Waals surface area (Å²) in [5.41, 5.74) is 0.930. The molecule has 1 amide bonds. The van der Waals surface area contributed by atoms with E-state index in [2.05, 4.69) is 22.6 Å². The first kappa shape index (κ1) is 17.1. The fraction of sp³-hybridized carbons (Fsp3) is 0.368. The molecular formula is C19H23N3O3. The maximum absolute atomic E-state index is 12.3. The molecule has 1 atom stereocenters. The van der Waals surface area contributed by atoms with Crippen molar-refractivity contribution in [3.05, 3.63) is 48.2 Å². The molecule has 0 unspecified atom stereocenters. The third-order valence-corrected chi connectivity index (χ3v) is 4.35. The van der Waals surface area contributed by atoms with E-state index in [1.54, 1.807) is 31.2 Å². The normalized spacial score (nSPS) is 16.0. The van der Waals surface area contributed by atoms with Gasteiger partial charge in [0.2, 0.25) is 5.91 Å². The van der Waals surface area contributed by atoms with Crippen LogP contribution in [0.15, 0.2) is 42.6 Å². The largest absolute Gasteiger partial charge is 0.493 e. The van der Waals surface area contributed by atoms with Gasteiger partial charge in [-0.3, -0.25) is 4.79 Å². The number of aromatic nitrogens is 2. The summed E-state index contributed by atoms with van der Waals surface area (Å²) in [6.45, 7) is 0.478. The minimum absolute atomic E-state index is 0.0101. The highest BCUT2D eigenvalue weighted by Crippen LogP contribution is 2.31. The van der Waals surface area contributed by atoms with Gasteiger partial charge in [0.15, 0.2) is 11.5 Å². The van der Waals surface area contributed by atoms with Crippen molar-refractivity contribution in [3.8, 4) is 11.5 Å². The molecule has 3 rings (SSSR count). The Labute approximate surface area is 147 Å². The van der Waals surface area contributed by atoms with Crippen molar-refractivity contribution >= 4 is 11.7 Å². The molecule has 0 aliphatic heterocycles. The van der Waals surface area contributed by atoms with E-state index in [1.165, 1.54) is 0 Å². The lowest BCUT2D eigenvalue weighted by atomic mass is 10.1. The van der Waals surface area contributed by atoms with Gasteiger partial charge in [0.25, 0.3) is 0 Å². The summed E-state index contributed by atoms with van der Waals surface area (Å²) in [7, 11) is 3.22. The van der Waals surface area contributed by atoms with Crippen LogP contribution in [0.5, 0.6) is 11.5 Å². The van der Waals surface area contributed by atoms with Gasteiger partial charge in [0, 0.05) is 18.1 Å². The van der Waals surface area contributed by atoms with Gasteiger partial charge in [-0.05, 0) is 24.8 Å². The number of para-hydroxylation sites is 1. The van der Waals surface area contributed by atoms with E-state index in [9.17, 15) is 4.79 Å². The maximum atomic E-state index is 12.3. The van der Waals surface area contributed by atoms with Crippen molar-refractivity contribution in [2.24, 2.45) is 5.92 Å². The molecule has 1 heterocycles. The zero-order valence-electron chi connectivity index (χ0n) is 14.6. The van der Waals surface area contributed by atoms with Crippen LogP contribution in [-0.4, -0.2) is 29.9 Å². The molecule has 6 heteroatoms. The Bertz CT molecular complexity index is 767. The molecule has 0 radical (unpaired) electrons. The first-order valence-corrected chi connectivity index (χ1v) is 8.39. The fourth-order valence-electron chi connectivity index (χ4n) is 3.10. The summed E-state index contributed by atoms with van der Waals surface area (Å²) in [5, 5.41) is 7.28. The third-order valence-electron chi connectivity index (χ3n) is 4.35. The minimum atomic E-state index is 0.0101. The van der Waals surface area contributed by atoms with Crippen LogP contribution < -0.4 is 14.8 Å². The Kier molecular flexibility index (Phi) is 5.38. The van der Waals surface area contributed by atoms with Gasteiger partial charge in [0.1, 0.15) is 5.82 Å². The van der Waals surface area contributed by atoms with Crippen molar-refractivity contribution in [1.82, 2.24) is 9.78 Å². The highest BCUT2D eigenvalue weighted by atomic mass is 16.5. The van der Waals surface area contributed by atoms with Gasteiger partial charge in [-0.15, -0.1) is 0 Å². The van der Waals surface area contributed by atoms with E-state index >= 15 is 0 Å². The number of hydrogen-bond donors (Lipinski definition) is 1. The zero-order chi connectivity index (χ0) is 17.6. The van der Waals surface area contributed by atoms with Crippen LogP contribution in [0.2, 0.25) is 0 Å². The number of allylic oxidation sites excluding steroid dienone is 2. The van der Waals surface area contributed by atoms with Crippen molar-refractivity contribution in [2.45, 2.75) is 25.8 Å². The lowest BCUT2D eigenvalue weighted by Gasteiger charge is -2.14. The van der Waals surface area contributed by atoms with Gasteiger partial charge in [-0.2, -0.15) is 5.10 Å². The average Bonchev–Trinajstić information content (AvgIpc) is 3.27.